The second kappa shape index (κ2) is 16.5. The van der Waals surface area contributed by atoms with E-state index in [1.165, 1.54) is 57.8 Å². The van der Waals surface area contributed by atoms with Crippen LogP contribution < -0.4 is 68.9 Å². The fourth-order valence-corrected chi connectivity index (χ4v) is 1.49. The normalized spacial score (nSPS) is 9.69. The van der Waals surface area contributed by atoms with Crippen LogP contribution in [0.5, 0.6) is 0 Å². The monoisotopic (exact) mass is 302 g/mol. The summed E-state index contributed by atoms with van der Waals surface area (Å²) in [4.78, 5) is 0. The summed E-state index contributed by atoms with van der Waals surface area (Å²) in [6.45, 7) is 6.12. The summed E-state index contributed by atoms with van der Waals surface area (Å²) < 4.78 is 0. The molecule has 0 fully saturated rings. The van der Waals surface area contributed by atoms with E-state index in [4.69, 9.17) is 0 Å². The van der Waals surface area contributed by atoms with E-state index < -0.39 is 0 Å². The molecule has 0 rings (SSSR count). The Morgan fingerprint density at radius 2 is 1.08 bits per heavy atom. The van der Waals surface area contributed by atoms with Crippen LogP contribution in [0, 0.1) is 6.92 Å². The molecule has 0 atom stereocenters. The van der Waals surface area contributed by atoms with E-state index in [1.807, 2.05) is 0 Å². The fraction of sp³-hybridized carbons (Fsp3) is 0.917. The number of unbranched alkanes of at least 4 members (excludes halogenated alkanes) is 9. The van der Waals surface area contributed by atoms with Gasteiger partial charge in [-0.1, -0.05) is 64.7 Å². The quantitative estimate of drug-likeness (QED) is 0.450. The molecule has 0 radical (unpaired) electrons. The van der Waals surface area contributed by atoms with Gasteiger partial charge in [0.1, 0.15) is 0 Å². The van der Waals surface area contributed by atoms with Crippen molar-refractivity contribution < 1.29 is 68.9 Å². The van der Waals surface area contributed by atoms with E-state index in [0.717, 1.165) is 6.42 Å². The van der Waals surface area contributed by atoms with Crippen LogP contribution in [0.25, 0.3) is 0 Å². The van der Waals surface area contributed by atoms with E-state index in [9.17, 15) is 0 Å². The van der Waals surface area contributed by atoms with Crippen molar-refractivity contribution in [3.05, 3.63) is 6.92 Å². The van der Waals surface area contributed by atoms with Crippen LogP contribution in [0.4, 0.5) is 0 Å². The van der Waals surface area contributed by atoms with Crippen molar-refractivity contribution in [1.82, 2.24) is 0 Å². The van der Waals surface area contributed by atoms with Crippen molar-refractivity contribution in [3.8, 4) is 0 Å². The Morgan fingerprint density at radius 3 is 1.46 bits per heavy atom. The van der Waals surface area contributed by atoms with Crippen LogP contribution in [0.2, 0.25) is 0 Å². The average molecular weight is 302 g/mol. The number of hydrogen-bond donors (Lipinski definition) is 0. The van der Waals surface area contributed by atoms with Crippen LogP contribution in [0.15, 0.2) is 0 Å². The van der Waals surface area contributed by atoms with Crippen molar-refractivity contribution in [2.45, 2.75) is 71.1 Å². The van der Waals surface area contributed by atoms with Gasteiger partial charge >= 0.3 is 68.9 Å². The van der Waals surface area contributed by atoms with Crippen LogP contribution in [-0.4, -0.2) is 0 Å². The molecule has 0 unspecified atom stereocenters. The maximum Gasteiger partial charge on any atom is 1.00 e. The van der Waals surface area contributed by atoms with Crippen molar-refractivity contribution in [2.75, 3.05) is 0 Å². The third-order valence-corrected chi connectivity index (χ3v) is 2.35. The molecule has 1 heteroatoms. The molecule has 0 bridgehead atoms. The molecule has 0 aliphatic rings. The van der Waals surface area contributed by atoms with Crippen LogP contribution in [0.3, 0.4) is 0 Å². The average Bonchev–Trinajstić information content (AvgIpc) is 2.10. The van der Waals surface area contributed by atoms with E-state index in [0.29, 0.717) is 0 Å². The van der Waals surface area contributed by atoms with Gasteiger partial charge in [-0.05, 0) is 0 Å². The summed E-state index contributed by atoms with van der Waals surface area (Å²) in [5, 5.41) is 0. The molecular formula is C12H25Cs. The molecule has 0 aliphatic heterocycles. The minimum absolute atomic E-state index is 0. The van der Waals surface area contributed by atoms with E-state index in [1.54, 1.807) is 0 Å². The second-order valence-corrected chi connectivity index (χ2v) is 3.68. The van der Waals surface area contributed by atoms with Crippen molar-refractivity contribution in [1.29, 1.82) is 0 Å². The van der Waals surface area contributed by atoms with E-state index >= 15 is 0 Å². The fourth-order valence-electron chi connectivity index (χ4n) is 1.49. The van der Waals surface area contributed by atoms with Gasteiger partial charge in [0.25, 0.3) is 0 Å². The maximum atomic E-state index is 3.84. The Bertz CT molecular complexity index is 61.5. The van der Waals surface area contributed by atoms with Gasteiger partial charge in [-0.25, -0.2) is 0 Å². The predicted octanol–water partition coefficient (Wildman–Crippen LogP) is 1.75. The van der Waals surface area contributed by atoms with Gasteiger partial charge in [0.05, 0.1) is 0 Å². The van der Waals surface area contributed by atoms with Crippen LogP contribution in [-0.2, 0) is 0 Å². The van der Waals surface area contributed by atoms with Crippen molar-refractivity contribution in [2.24, 2.45) is 0 Å². The Hall–Kier alpha value is 2.05. The van der Waals surface area contributed by atoms with Gasteiger partial charge in [-0.3, -0.25) is 0 Å². The van der Waals surface area contributed by atoms with Gasteiger partial charge in [0.2, 0.25) is 0 Å². The Balaban J connectivity index is 0. The summed E-state index contributed by atoms with van der Waals surface area (Å²) in [5.41, 5.74) is 0. The van der Waals surface area contributed by atoms with Gasteiger partial charge in [-0.15, -0.1) is 0 Å². The van der Waals surface area contributed by atoms with E-state index in [-0.39, 0.29) is 68.9 Å². The zero-order valence-electron chi connectivity index (χ0n) is 9.78. The third-order valence-electron chi connectivity index (χ3n) is 2.35. The molecule has 0 N–H and O–H groups in total. The molecule has 0 aromatic rings. The van der Waals surface area contributed by atoms with Gasteiger partial charge < -0.3 is 6.92 Å². The smallest absolute Gasteiger partial charge is 0.343 e. The zero-order chi connectivity index (χ0) is 9.07. The van der Waals surface area contributed by atoms with E-state index in [2.05, 4.69) is 13.8 Å². The maximum absolute atomic E-state index is 3.84. The molecule has 0 aromatic heterocycles. The Kier molecular flexibility index (Phi) is 22.1. The standard InChI is InChI=1S/C12H25.Cs/c1-3-5-7-9-11-12-10-8-6-4-2;/h1,3-12H2,2H3;/q-1;+1. The summed E-state index contributed by atoms with van der Waals surface area (Å²) in [7, 11) is 0. The first-order valence-electron chi connectivity index (χ1n) is 5.71. The van der Waals surface area contributed by atoms with Gasteiger partial charge in [-0.2, -0.15) is 6.42 Å². The molecular weight excluding hydrogens is 277 g/mol. The Morgan fingerprint density at radius 1 is 0.692 bits per heavy atom. The molecule has 0 nitrogen and oxygen atoms in total. The molecule has 0 saturated carbocycles. The van der Waals surface area contributed by atoms with Gasteiger partial charge in [0, 0.05) is 0 Å². The first-order chi connectivity index (χ1) is 5.91. The third kappa shape index (κ3) is 16.7. The first kappa shape index (κ1) is 17.4. The summed E-state index contributed by atoms with van der Waals surface area (Å²) in [5.74, 6) is 0. The summed E-state index contributed by atoms with van der Waals surface area (Å²) >= 11 is 0. The molecule has 0 aromatic carbocycles. The second-order valence-electron chi connectivity index (χ2n) is 3.68. The predicted molar refractivity (Wildman–Crippen MR) is 57.2 cm³/mol. The van der Waals surface area contributed by atoms with Crippen LogP contribution >= 0.6 is 0 Å². The largest absolute Gasteiger partial charge is 1.00 e. The zero-order valence-corrected chi connectivity index (χ0v) is 16.1. The molecule has 0 heterocycles. The molecule has 0 saturated heterocycles. The van der Waals surface area contributed by atoms with Gasteiger partial charge in [0.15, 0.2) is 0 Å². The molecule has 0 amide bonds. The molecule has 0 spiro atoms. The van der Waals surface area contributed by atoms with Crippen LogP contribution in [0.1, 0.15) is 71.1 Å². The first-order valence-corrected chi connectivity index (χ1v) is 5.71. The van der Waals surface area contributed by atoms with Crippen molar-refractivity contribution >= 4 is 0 Å². The minimum atomic E-state index is 0. The minimum Gasteiger partial charge on any atom is -0.343 e. The molecule has 13 heavy (non-hydrogen) atoms. The molecule has 74 valence electrons. The Labute approximate surface area is 144 Å². The number of hydrogen-bond acceptors (Lipinski definition) is 0. The number of rotatable bonds is 9. The molecule has 0 aliphatic carbocycles. The SMILES string of the molecule is [CH2-]CCCCCCCCCCC.[Cs+]. The van der Waals surface area contributed by atoms with Crippen molar-refractivity contribution in [3.63, 3.8) is 0 Å². The summed E-state index contributed by atoms with van der Waals surface area (Å²) in [6, 6.07) is 0. The topological polar surface area (TPSA) is 0 Å². The summed E-state index contributed by atoms with van der Waals surface area (Å²) in [6.07, 6.45) is 13.9.